The van der Waals surface area contributed by atoms with E-state index in [-0.39, 0.29) is 22.7 Å². The van der Waals surface area contributed by atoms with Crippen molar-refractivity contribution in [2.75, 3.05) is 11.9 Å². The van der Waals surface area contributed by atoms with Gasteiger partial charge in [0, 0.05) is 28.1 Å². The van der Waals surface area contributed by atoms with Crippen LogP contribution >= 0.6 is 11.8 Å². The number of hydrogen-bond donors (Lipinski definition) is 2. The van der Waals surface area contributed by atoms with Crippen molar-refractivity contribution in [2.45, 2.75) is 9.79 Å². The van der Waals surface area contributed by atoms with E-state index in [0.717, 1.165) is 17.8 Å². The van der Waals surface area contributed by atoms with Crippen LogP contribution in [-0.4, -0.2) is 28.3 Å². The first-order valence-electron chi connectivity index (χ1n) is 8.63. The molecule has 3 aromatic rings. The standard InChI is InChI=1S/C20H15FN4O4S/c21-16-5-1-2-6-18(16)30-17-8-7-14(25(28)29)10-15(17)20(27)23-12-19(26)24-13-4-3-9-22-11-13/h1-11H,12H2,(H,23,27)(H,24,26). The Balaban J connectivity index is 1.77. The maximum atomic E-state index is 14.0. The monoisotopic (exact) mass is 426 g/mol. The molecule has 0 atom stereocenters. The van der Waals surface area contributed by atoms with Gasteiger partial charge in [-0.25, -0.2) is 4.39 Å². The fourth-order valence-corrected chi connectivity index (χ4v) is 3.39. The molecule has 0 fully saturated rings. The second-order valence-corrected chi connectivity index (χ2v) is 7.03. The predicted octanol–water partition coefficient (Wildman–Crippen LogP) is 3.65. The summed E-state index contributed by atoms with van der Waals surface area (Å²) in [6.07, 6.45) is 3.00. The Bertz CT molecular complexity index is 1100. The predicted molar refractivity (Wildman–Crippen MR) is 109 cm³/mol. The second kappa shape index (κ2) is 9.61. The van der Waals surface area contributed by atoms with Gasteiger partial charge in [-0.3, -0.25) is 24.7 Å². The van der Waals surface area contributed by atoms with Gasteiger partial charge in [0.2, 0.25) is 5.91 Å². The second-order valence-electron chi connectivity index (χ2n) is 5.94. The van der Waals surface area contributed by atoms with E-state index < -0.39 is 22.6 Å². The van der Waals surface area contributed by atoms with Gasteiger partial charge in [0.25, 0.3) is 11.6 Å². The van der Waals surface area contributed by atoms with Gasteiger partial charge in [0.1, 0.15) is 5.82 Å². The number of nitro benzene ring substituents is 1. The Hall–Kier alpha value is -3.79. The highest BCUT2D eigenvalue weighted by molar-refractivity contribution is 7.99. The van der Waals surface area contributed by atoms with Crippen molar-refractivity contribution in [1.82, 2.24) is 10.3 Å². The zero-order chi connectivity index (χ0) is 21.5. The number of carbonyl (C=O) groups excluding carboxylic acids is 2. The minimum Gasteiger partial charge on any atom is -0.343 e. The molecule has 1 aromatic heterocycles. The summed E-state index contributed by atoms with van der Waals surface area (Å²) in [7, 11) is 0. The summed E-state index contributed by atoms with van der Waals surface area (Å²) >= 11 is 0.959. The Kier molecular flexibility index (Phi) is 6.71. The zero-order valence-electron chi connectivity index (χ0n) is 15.4. The maximum absolute atomic E-state index is 14.0. The van der Waals surface area contributed by atoms with Crippen LogP contribution in [0.15, 0.2) is 76.8 Å². The number of carbonyl (C=O) groups is 2. The smallest absolute Gasteiger partial charge is 0.270 e. The van der Waals surface area contributed by atoms with Gasteiger partial charge >= 0.3 is 0 Å². The summed E-state index contributed by atoms with van der Waals surface area (Å²) in [5.74, 6) is -1.67. The van der Waals surface area contributed by atoms with Crippen LogP contribution in [0.5, 0.6) is 0 Å². The normalized spacial score (nSPS) is 10.3. The van der Waals surface area contributed by atoms with Crippen molar-refractivity contribution in [3.8, 4) is 0 Å². The Labute approximate surface area is 174 Å². The van der Waals surface area contributed by atoms with Crippen LogP contribution in [0.25, 0.3) is 0 Å². The average molecular weight is 426 g/mol. The van der Waals surface area contributed by atoms with Gasteiger partial charge in [0.15, 0.2) is 0 Å². The number of nitrogens with one attached hydrogen (secondary N) is 2. The van der Waals surface area contributed by atoms with Crippen LogP contribution in [0.1, 0.15) is 10.4 Å². The number of halogens is 1. The lowest BCUT2D eigenvalue weighted by Crippen LogP contribution is -2.33. The highest BCUT2D eigenvalue weighted by Crippen LogP contribution is 2.34. The van der Waals surface area contributed by atoms with E-state index in [1.54, 1.807) is 24.4 Å². The molecule has 2 aromatic carbocycles. The first-order valence-corrected chi connectivity index (χ1v) is 9.44. The zero-order valence-corrected chi connectivity index (χ0v) is 16.2. The molecule has 0 aliphatic carbocycles. The molecule has 0 aliphatic heterocycles. The van der Waals surface area contributed by atoms with E-state index in [2.05, 4.69) is 15.6 Å². The number of nitro groups is 1. The molecule has 0 saturated heterocycles. The topological polar surface area (TPSA) is 114 Å². The van der Waals surface area contributed by atoms with E-state index >= 15 is 0 Å². The molecule has 0 aliphatic rings. The van der Waals surface area contributed by atoms with Crippen LogP contribution in [0.3, 0.4) is 0 Å². The van der Waals surface area contributed by atoms with Gasteiger partial charge in [-0.05, 0) is 30.3 Å². The molecule has 2 amide bonds. The first-order chi connectivity index (χ1) is 14.4. The first kappa shape index (κ1) is 20.9. The Morgan fingerprint density at radius 1 is 1.10 bits per heavy atom. The van der Waals surface area contributed by atoms with Crippen molar-refractivity contribution in [3.05, 3.63) is 88.5 Å². The van der Waals surface area contributed by atoms with E-state index in [4.69, 9.17) is 0 Å². The number of benzene rings is 2. The van der Waals surface area contributed by atoms with E-state index in [0.29, 0.717) is 10.6 Å². The lowest BCUT2D eigenvalue weighted by Gasteiger charge is -2.11. The Morgan fingerprint density at radius 3 is 2.60 bits per heavy atom. The summed E-state index contributed by atoms with van der Waals surface area (Å²) in [4.78, 5) is 39.6. The van der Waals surface area contributed by atoms with Crippen molar-refractivity contribution in [1.29, 1.82) is 0 Å². The molecule has 0 spiro atoms. The number of pyridine rings is 1. The number of aromatic nitrogens is 1. The number of non-ortho nitro benzene ring substituents is 1. The van der Waals surface area contributed by atoms with Crippen molar-refractivity contribution in [3.63, 3.8) is 0 Å². The minimum absolute atomic E-state index is 0.0355. The van der Waals surface area contributed by atoms with E-state index in [9.17, 15) is 24.1 Å². The van der Waals surface area contributed by atoms with Crippen LogP contribution < -0.4 is 10.6 Å². The average Bonchev–Trinajstić information content (AvgIpc) is 2.74. The summed E-state index contributed by atoms with van der Waals surface area (Å²) < 4.78 is 14.0. The lowest BCUT2D eigenvalue weighted by atomic mass is 10.2. The molecule has 0 saturated carbocycles. The molecule has 3 rings (SSSR count). The fourth-order valence-electron chi connectivity index (χ4n) is 2.44. The number of nitrogens with zero attached hydrogens (tertiary/aromatic N) is 2. The molecular weight excluding hydrogens is 411 g/mol. The maximum Gasteiger partial charge on any atom is 0.270 e. The summed E-state index contributed by atoms with van der Waals surface area (Å²) in [6, 6.07) is 13.0. The molecule has 8 nitrogen and oxygen atoms in total. The van der Waals surface area contributed by atoms with Crippen molar-refractivity contribution in [2.24, 2.45) is 0 Å². The fraction of sp³-hybridized carbons (Fsp3) is 0.0500. The SMILES string of the molecule is O=C(CNC(=O)c1cc([N+](=O)[O-])ccc1Sc1ccccc1F)Nc1cccnc1. The molecule has 0 bridgehead atoms. The molecule has 0 unspecified atom stereocenters. The third kappa shape index (κ3) is 5.39. The molecule has 10 heteroatoms. The third-order valence-corrected chi connectivity index (χ3v) is 4.96. The highest BCUT2D eigenvalue weighted by Gasteiger charge is 2.19. The quantitative estimate of drug-likeness (QED) is 0.440. The van der Waals surface area contributed by atoms with E-state index in [1.807, 2.05) is 0 Å². The largest absolute Gasteiger partial charge is 0.343 e. The van der Waals surface area contributed by atoms with Gasteiger partial charge in [-0.15, -0.1) is 0 Å². The van der Waals surface area contributed by atoms with Crippen molar-refractivity contribution < 1.29 is 18.9 Å². The summed E-state index contributed by atoms with van der Waals surface area (Å²) in [6.45, 7) is -0.361. The van der Waals surface area contributed by atoms with Gasteiger partial charge in [-0.1, -0.05) is 23.9 Å². The third-order valence-electron chi connectivity index (χ3n) is 3.83. The van der Waals surface area contributed by atoms with Crippen LogP contribution in [0.2, 0.25) is 0 Å². The van der Waals surface area contributed by atoms with E-state index in [1.165, 1.54) is 36.5 Å². The molecular formula is C20H15FN4O4S. The van der Waals surface area contributed by atoms with Crippen LogP contribution in [0.4, 0.5) is 15.8 Å². The summed E-state index contributed by atoms with van der Waals surface area (Å²) in [5.41, 5.74) is 0.132. The molecule has 1 heterocycles. The molecule has 30 heavy (non-hydrogen) atoms. The highest BCUT2D eigenvalue weighted by atomic mass is 32.2. The van der Waals surface area contributed by atoms with Gasteiger partial charge < -0.3 is 10.6 Å². The Morgan fingerprint density at radius 2 is 1.90 bits per heavy atom. The van der Waals surface area contributed by atoms with Gasteiger partial charge in [-0.2, -0.15) is 0 Å². The number of amides is 2. The number of rotatable bonds is 7. The molecule has 2 N–H and O–H groups in total. The minimum atomic E-state index is -0.695. The van der Waals surface area contributed by atoms with Crippen molar-refractivity contribution >= 4 is 35.0 Å². The lowest BCUT2D eigenvalue weighted by molar-refractivity contribution is -0.384. The van der Waals surface area contributed by atoms with Gasteiger partial charge in [0.05, 0.1) is 28.9 Å². The van der Waals surface area contributed by atoms with Crippen LogP contribution in [-0.2, 0) is 4.79 Å². The molecule has 152 valence electrons. The number of hydrogen-bond acceptors (Lipinski definition) is 6. The van der Waals surface area contributed by atoms with Crippen LogP contribution in [0, 0.1) is 15.9 Å². The summed E-state index contributed by atoms with van der Waals surface area (Å²) in [5, 5.41) is 16.1. The number of anilines is 1. The molecule has 0 radical (unpaired) electrons.